The van der Waals surface area contributed by atoms with Gasteiger partial charge in [-0.3, -0.25) is 9.59 Å². The minimum Gasteiger partial charge on any atom is -0.493 e. The molecule has 1 atom stereocenters. The van der Waals surface area contributed by atoms with Crippen molar-refractivity contribution >= 4 is 29.2 Å². The zero-order valence-corrected chi connectivity index (χ0v) is 17.7. The van der Waals surface area contributed by atoms with Crippen molar-refractivity contribution in [2.24, 2.45) is 0 Å². The number of benzene rings is 1. The minimum absolute atomic E-state index is 0.0737. The Labute approximate surface area is 179 Å². The fraction of sp³-hybridized carbons (Fsp3) is 0.318. The van der Waals surface area contributed by atoms with E-state index in [0.29, 0.717) is 30.9 Å². The third kappa shape index (κ3) is 4.70. The predicted molar refractivity (Wildman–Crippen MR) is 114 cm³/mol. The standard InChI is InChI=1S/C22H23N3O4S/c1-3-29-18-7-5-4-6-15(18)8-9-19(26)24-22-21-17(16(12-23)14-30-21)10-11-25(22)20(27)13-28-2/h4-9,14,22H,3,10-11,13H2,1-2H3,(H,24,26). The van der Waals surface area contributed by atoms with E-state index in [4.69, 9.17) is 9.47 Å². The van der Waals surface area contributed by atoms with E-state index in [0.717, 1.165) is 16.0 Å². The smallest absolute Gasteiger partial charge is 0.250 e. The average Bonchev–Trinajstić information content (AvgIpc) is 3.17. The van der Waals surface area contributed by atoms with Crippen molar-refractivity contribution < 1.29 is 19.1 Å². The van der Waals surface area contributed by atoms with Crippen LogP contribution in [0.15, 0.2) is 35.7 Å². The number of fused-ring (bicyclic) bond motifs is 1. The van der Waals surface area contributed by atoms with E-state index in [1.54, 1.807) is 16.4 Å². The van der Waals surface area contributed by atoms with Crippen LogP contribution in [0.5, 0.6) is 5.75 Å². The summed E-state index contributed by atoms with van der Waals surface area (Å²) in [5.74, 6) is 0.130. The van der Waals surface area contributed by atoms with Crippen molar-refractivity contribution in [3.8, 4) is 11.8 Å². The number of para-hydroxylation sites is 1. The second-order valence-electron chi connectivity index (χ2n) is 6.59. The third-order valence-electron chi connectivity index (χ3n) is 4.71. The number of hydrogen-bond donors (Lipinski definition) is 1. The van der Waals surface area contributed by atoms with Crippen LogP contribution in [0.1, 0.15) is 34.7 Å². The lowest BCUT2D eigenvalue weighted by molar-refractivity contribution is -0.139. The number of thiophene rings is 1. The quantitative estimate of drug-likeness (QED) is 0.689. The molecule has 0 saturated carbocycles. The van der Waals surface area contributed by atoms with Gasteiger partial charge in [0, 0.05) is 30.7 Å². The first-order valence-electron chi connectivity index (χ1n) is 9.58. The van der Waals surface area contributed by atoms with E-state index in [-0.39, 0.29) is 18.4 Å². The molecule has 1 aromatic heterocycles. The fourth-order valence-electron chi connectivity index (χ4n) is 3.35. The summed E-state index contributed by atoms with van der Waals surface area (Å²) >= 11 is 1.37. The van der Waals surface area contributed by atoms with Crippen LogP contribution >= 0.6 is 11.3 Å². The molecule has 156 valence electrons. The SMILES string of the molecule is CCOc1ccccc1C=CC(=O)NC1c2scc(C#N)c2CCN1C(=O)COC. The van der Waals surface area contributed by atoms with E-state index < -0.39 is 6.17 Å². The Morgan fingerprint density at radius 1 is 1.40 bits per heavy atom. The number of ether oxygens (including phenoxy) is 2. The normalized spacial score (nSPS) is 15.5. The summed E-state index contributed by atoms with van der Waals surface area (Å²) in [4.78, 5) is 27.6. The molecule has 1 N–H and O–H groups in total. The molecule has 2 heterocycles. The number of nitrogens with one attached hydrogen (secondary N) is 1. The van der Waals surface area contributed by atoms with Crippen molar-refractivity contribution in [1.82, 2.24) is 10.2 Å². The maximum Gasteiger partial charge on any atom is 0.250 e. The van der Waals surface area contributed by atoms with Gasteiger partial charge in [0.05, 0.1) is 17.0 Å². The lowest BCUT2D eigenvalue weighted by Crippen LogP contribution is -2.48. The number of carbonyl (C=O) groups is 2. The van der Waals surface area contributed by atoms with E-state index in [9.17, 15) is 14.9 Å². The molecule has 0 saturated heterocycles. The van der Waals surface area contributed by atoms with Crippen molar-refractivity contribution in [2.45, 2.75) is 19.5 Å². The van der Waals surface area contributed by atoms with Crippen LogP contribution in [0.4, 0.5) is 0 Å². The zero-order valence-electron chi connectivity index (χ0n) is 16.9. The summed E-state index contributed by atoms with van der Waals surface area (Å²) in [6.45, 7) is 2.76. The van der Waals surface area contributed by atoms with Crippen LogP contribution in [0, 0.1) is 11.3 Å². The van der Waals surface area contributed by atoms with Gasteiger partial charge < -0.3 is 19.7 Å². The van der Waals surface area contributed by atoms with Crippen molar-refractivity contribution in [1.29, 1.82) is 5.26 Å². The van der Waals surface area contributed by atoms with Gasteiger partial charge in [-0.05, 0) is 31.1 Å². The van der Waals surface area contributed by atoms with Gasteiger partial charge in [0.2, 0.25) is 11.8 Å². The molecule has 0 bridgehead atoms. The molecule has 0 spiro atoms. The average molecular weight is 426 g/mol. The Bertz CT molecular complexity index is 993. The van der Waals surface area contributed by atoms with Gasteiger partial charge in [-0.25, -0.2) is 0 Å². The second-order valence-corrected chi connectivity index (χ2v) is 7.50. The maximum absolute atomic E-state index is 12.7. The highest BCUT2D eigenvalue weighted by Gasteiger charge is 2.34. The number of amides is 2. The van der Waals surface area contributed by atoms with E-state index >= 15 is 0 Å². The zero-order chi connectivity index (χ0) is 21.5. The Morgan fingerprint density at radius 3 is 2.93 bits per heavy atom. The fourth-order valence-corrected chi connectivity index (χ4v) is 4.46. The van der Waals surface area contributed by atoms with Gasteiger partial charge in [0.25, 0.3) is 0 Å². The highest BCUT2D eigenvalue weighted by molar-refractivity contribution is 7.10. The van der Waals surface area contributed by atoms with Crippen molar-refractivity contribution in [2.75, 3.05) is 26.9 Å². The molecule has 1 aliphatic rings. The lowest BCUT2D eigenvalue weighted by atomic mass is 10.0. The van der Waals surface area contributed by atoms with Crippen LogP contribution < -0.4 is 10.1 Å². The first-order chi connectivity index (χ1) is 14.6. The third-order valence-corrected chi connectivity index (χ3v) is 5.79. The lowest BCUT2D eigenvalue weighted by Gasteiger charge is -2.35. The van der Waals surface area contributed by atoms with Crippen LogP contribution in [0.25, 0.3) is 6.08 Å². The van der Waals surface area contributed by atoms with Gasteiger partial charge in [-0.15, -0.1) is 11.3 Å². The Hall–Kier alpha value is -3.15. The van der Waals surface area contributed by atoms with Crippen LogP contribution in [0.2, 0.25) is 0 Å². The monoisotopic (exact) mass is 425 g/mol. The number of hydrogen-bond acceptors (Lipinski definition) is 6. The van der Waals surface area contributed by atoms with Gasteiger partial charge in [-0.2, -0.15) is 5.26 Å². The molecular weight excluding hydrogens is 402 g/mol. The highest BCUT2D eigenvalue weighted by atomic mass is 32.1. The number of carbonyl (C=O) groups excluding carboxylic acids is 2. The van der Waals surface area contributed by atoms with Gasteiger partial charge in [-0.1, -0.05) is 18.2 Å². The molecule has 7 nitrogen and oxygen atoms in total. The molecule has 2 amide bonds. The Balaban J connectivity index is 1.83. The molecule has 0 fully saturated rings. The Morgan fingerprint density at radius 2 is 2.20 bits per heavy atom. The molecule has 0 radical (unpaired) electrons. The first-order valence-corrected chi connectivity index (χ1v) is 10.5. The number of nitriles is 1. The Kier molecular flexibility index (Phi) is 7.22. The molecule has 1 aromatic carbocycles. The summed E-state index contributed by atoms with van der Waals surface area (Å²) in [6.07, 6.45) is 3.04. The number of nitrogens with zero attached hydrogens (tertiary/aromatic N) is 2. The molecule has 2 aromatic rings. The molecular formula is C22H23N3O4S. The molecule has 1 unspecified atom stereocenters. The van der Waals surface area contributed by atoms with Crippen molar-refractivity contribution in [3.63, 3.8) is 0 Å². The van der Waals surface area contributed by atoms with Gasteiger partial charge in [0.15, 0.2) is 0 Å². The molecule has 0 aliphatic carbocycles. The van der Waals surface area contributed by atoms with Crippen LogP contribution in [-0.2, 0) is 20.7 Å². The molecule has 8 heteroatoms. The van der Waals surface area contributed by atoms with Crippen LogP contribution in [0.3, 0.4) is 0 Å². The van der Waals surface area contributed by atoms with Gasteiger partial charge >= 0.3 is 0 Å². The second kappa shape index (κ2) is 10.1. The number of methoxy groups -OCH3 is 1. The molecule has 3 rings (SSSR count). The van der Waals surface area contributed by atoms with E-state index in [1.165, 1.54) is 24.5 Å². The summed E-state index contributed by atoms with van der Waals surface area (Å²) in [5, 5.41) is 14.0. The highest BCUT2D eigenvalue weighted by Crippen LogP contribution is 2.35. The summed E-state index contributed by atoms with van der Waals surface area (Å²) in [5.41, 5.74) is 2.27. The van der Waals surface area contributed by atoms with E-state index in [2.05, 4.69) is 11.4 Å². The maximum atomic E-state index is 12.7. The predicted octanol–water partition coefficient (Wildman–Crippen LogP) is 2.88. The van der Waals surface area contributed by atoms with Crippen LogP contribution in [-0.4, -0.2) is 43.6 Å². The summed E-state index contributed by atoms with van der Waals surface area (Å²) < 4.78 is 10.6. The largest absolute Gasteiger partial charge is 0.493 e. The first kappa shape index (κ1) is 21.6. The molecule has 1 aliphatic heterocycles. The summed E-state index contributed by atoms with van der Waals surface area (Å²) in [7, 11) is 1.46. The van der Waals surface area contributed by atoms with Gasteiger partial charge in [0.1, 0.15) is 24.6 Å². The number of rotatable bonds is 7. The molecule has 30 heavy (non-hydrogen) atoms. The van der Waals surface area contributed by atoms with E-state index in [1.807, 2.05) is 31.2 Å². The minimum atomic E-state index is -0.636. The summed E-state index contributed by atoms with van der Waals surface area (Å²) in [6, 6.07) is 9.63. The topological polar surface area (TPSA) is 91.7 Å². The van der Waals surface area contributed by atoms with Crippen molar-refractivity contribution in [3.05, 3.63) is 57.3 Å².